The summed E-state index contributed by atoms with van der Waals surface area (Å²) in [7, 11) is 0. The van der Waals surface area contributed by atoms with E-state index in [1.807, 2.05) is 24.3 Å². The van der Waals surface area contributed by atoms with Crippen LogP contribution in [0, 0.1) is 0 Å². The first-order chi connectivity index (χ1) is 15.7. The van der Waals surface area contributed by atoms with Gasteiger partial charge in [-0.2, -0.15) is 0 Å². The molecule has 3 atom stereocenters. The smallest absolute Gasteiger partial charge is 0.251 e. The van der Waals surface area contributed by atoms with E-state index < -0.39 is 0 Å². The maximum Gasteiger partial charge on any atom is 0.251 e. The van der Waals surface area contributed by atoms with E-state index in [2.05, 4.69) is 28.8 Å². The third kappa shape index (κ3) is 5.16. The summed E-state index contributed by atoms with van der Waals surface area (Å²) in [5, 5.41) is 6.76. The summed E-state index contributed by atoms with van der Waals surface area (Å²) in [6.45, 7) is 3.65. The molecule has 0 aromatic heterocycles. The van der Waals surface area contributed by atoms with Crippen molar-refractivity contribution in [3.05, 3.63) is 64.7 Å². The van der Waals surface area contributed by atoms with Crippen LogP contribution in [0.25, 0.3) is 0 Å². The first-order valence-electron chi connectivity index (χ1n) is 12.2. The highest BCUT2D eigenvalue weighted by atomic mass is 16.5. The Kier molecular flexibility index (Phi) is 6.75. The molecule has 170 valence electrons. The highest BCUT2D eigenvalue weighted by Crippen LogP contribution is 2.29. The molecule has 3 unspecified atom stereocenters. The molecule has 2 N–H and O–H groups in total. The number of amides is 1. The summed E-state index contributed by atoms with van der Waals surface area (Å²) < 4.78 is 11.4. The van der Waals surface area contributed by atoms with Crippen LogP contribution in [-0.4, -0.2) is 44.4 Å². The van der Waals surface area contributed by atoms with Crippen molar-refractivity contribution in [2.75, 3.05) is 26.3 Å². The van der Waals surface area contributed by atoms with Crippen LogP contribution in [0.1, 0.15) is 65.1 Å². The lowest BCUT2D eigenvalue weighted by molar-refractivity contribution is 0.0679. The molecular formula is C27H34N2O3. The molecular weight excluding hydrogens is 400 g/mol. The largest absolute Gasteiger partial charge is 0.491 e. The van der Waals surface area contributed by atoms with Crippen molar-refractivity contribution >= 4 is 5.91 Å². The first-order valence-corrected chi connectivity index (χ1v) is 12.2. The lowest BCUT2D eigenvalue weighted by Crippen LogP contribution is -2.38. The summed E-state index contributed by atoms with van der Waals surface area (Å²) in [6, 6.07) is 14.6. The van der Waals surface area contributed by atoms with Crippen LogP contribution in [0.4, 0.5) is 0 Å². The normalized spacial score (nSPS) is 25.2. The molecule has 2 aliphatic heterocycles. The third-order valence-corrected chi connectivity index (χ3v) is 7.14. The lowest BCUT2D eigenvalue weighted by atomic mass is 9.83. The second kappa shape index (κ2) is 10.1. The molecule has 0 spiro atoms. The number of nitrogens with one attached hydrogen (secondary N) is 2. The fourth-order valence-corrected chi connectivity index (χ4v) is 5.22. The van der Waals surface area contributed by atoms with Crippen LogP contribution in [0.5, 0.6) is 5.75 Å². The van der Waals surface area contributed by atoms with E-state index in [4.69, 9.17) is 9.47 Å². The van der Waals surface area contributed by atoms with Gasteiger partial charge in [-0.25, -0.2) is 0 Å². The van der Waals surface area contributed by atoms with Crippen molar-refractivity contribution in [2.24, 2.45) is 0 Å². The summed E-state index contributed by atoms with van der Waals surface area (Å²) in [6.07, 6.45) is 7.84. The van der Waals surface area contributed by atoms with Gasteiger partial charge in [-0.1, -0.05) is 18.2 Å². The standard InChI is InChI=1S/C27H34N2O3/c30-27(19-8-11-25(12-9-19)32-18-26-4-2-14-31-26)29-24-10-7-20-15-21(5-6-22(20)16-24)23-3-1-13-28-17-23/h5-6,8-9,11-12,15,23-24,26,28H,1-4,7,10,13-14,16-18H2,(H,29,30). The van der Waals surface area contributed by atoms with Gasteiger partial charge in [0, 0.05) is 24.8 Å². The summed E-state index contributed by atoms with van der Waals surface area (Å²) >= 11 is 0. The fraction of sp³-hybridized carbons (Fsp3) is 0.519. The van der Waals surface area contributed by atoms with E-state index >= 15 is 0 Å². The zero-order chi connectivity index (χ0) is 21.8. The molecule has 0 radical (unpaired) electrons. The second-order valence-electron chi connectivity index (χ2n) is 9.46. The fourth-order valence-electron chi connectivity index (χ4n) is 5.22. The minimum atomic E-state index is -0.00553. The SMILES string of the molecule is O=C(NC1CCc2cc(C3CCCNC3)ccc2C1)c1ccc(OCC2CCCO2)cc1. The maximum absolute atomic E-state index is 12.8. The molecule has 5 rings (SSSR count). The van der Waals surface area contributed by atoms with Crippen LogP contribution >= 0.6 is 0 Å². The van der Waals surface area contributed by atoms with Gasteiger partial charge in [0.25, 0.3) is 5.91 Å². The van der Waals surface area contributed by atoms with Gasteiger partial charge in [-0.3, -0.25) is 4.79 Å². The van der Waals surface area contributed by atoms with Crippen LogP contribution < -0.4 is 15.4 Å². The average Bonchev–Trinajstić information content (AvgIpc) is 3.37. The number of aryl methyl sites for hydroxylation is 1. The van der Waals surface area contributed by atoms with Gasteiger partial charge >= 0.3 is 0 Å². The third-order valence-electron chi connectivity index (χ3n) is 7.14. The Bertz CT molecular complexity index is 915. The second-order valence-corrected chi connectivity index (χ2v) is 9.46. The molecule has 5 nitrogen and oxygen atoms in total. The molecule has 32 heavy (non-hydrogen) atoms. The number of carbonyl (C=O) groups excluding carboxylic acids is 1. The average molecular weight is 435 g/mol. The quantitative estimate of drug-likeness (QED) is 0.722. The van der Waals surface area contributed by atoms with E-state index in [0.717, 1.165) is 57.6 Å². The number of benzene rings is 2. The zero-order valence-electron chi connectivity index (χ0n) is 18.8. The van der Waals surface area contributed by atoms with Gasteiger partial charge in [-0.15, -0.1) is 0 Å². The van der Waals surface area contributed by atoms with Crippen molar-refractivity contribution in [3.8, 4) is 5.75 Å². The Balaban J connectivity index is 1.14. The maximum atomic E-state index is 12.8. The van der Waals surface area contributed by atoms with Gasteiger partial charge < -0.3 is 20.1 Å². The predicted octanol–water partition coefficient (Wildman–Crippen LogP) is 4.00. The van der Waals surface area contributed by atoms with Gasteiger partial charge in [0.15, 0.2) is 0 Å². The molecule has 2 heterocycles. The molecule has 2 fully saturated rings. The molecule has 2 aromatic carbocycles. The molecule has 1 aliphatic carbocycles. The number of carbonyl (C=O) groups is 1. The number of hydrogen-bond acceptors (Lipinski definition) is 4. The minimum absolute atomic E-state index is 0.00553. The van der Waals surface area contributed by atoms with Crippen LogP contribution in [0.15, 0.2) is 42.5 Å². The Morgan fingerprint density at radius 1 is 1.06 bits per heavy atom. The van der Waals surface area contributed by atoms with E-state index in [-0.39, 0.29) is 18.1 Å². The minimum Gasteiger partial charge on any atom is -0.491 e. The van der Waals surface area contributed by atoms with Gasteiger partial charge in [0.2, 0.25) is 0 Å². The summed E-state index contributed by atoms with van der Waals surface area (Å²) in [4.78, 5) is 12.8. The Morgan fingerprint density at radius 2 is 1.97 bits per heavy atom. The summed E-state index contributed by atoms with van der Waals surface area (Å²) in [5.74, 6) is 1.42. The number of fused-ring (bicyclic) bond motifs is 1. The van der Waals surface area contributed by atoms with E-state index in [9.17, 15) is 4.79 Å². The Hall–Kier alpha value is -2.37. The monoisotopic (exact) mass is 434 g/mol. The molecule has 2 aromatic rings. The highest BCUT2D eigenvalue weighted by Gasteiger charge is 2.23. The number of rotatable bonds is 6. The molecule has 5 heteroatoms. The van der Waals surface area contributed by atoms with Crippen molar-refractivity contribution in [3.63, 3.8) is 0 Å². The van der Waals surface area contributed by atoms with Crippen LogP contribution in [-0.2, 0) is 17.6 Å². The van der Waals surface area contributed by atoms with Crippen molar-refractivity contribution < 1.29 is 14.3 Å². The Labute approximate surface area is 190 Å². The molecule has 2 saturated heterocycles. The number of hydrogen-bond donors (Lipinski definition) is 2. The van der Waals surface area contributed by atoms with Crippen LogP contribution in [0.2, 0.25) is 0 Å². The van der Waals surface area contributed by atoms with Gasteiger partial charge in [-0.05, 0) is 98.4 Å². The highest BCUT2D eigenvalue weighted by molar-refractivity contribution is 5.94. The molecule has 0 bridgehead atoms. The van der Waals surface area contributed by atoms with Crippen molar-refractivity contribution in [1.82, 2.24) is 10.6 Å². The zero-order valence-corrected chi connectivity index (χ0v) is 18.8. The summed E-state index contributed by atoms with van der Waals surface area (Å²) in [5.41, 5.74) is 5.00. The first kappa shape index (κ1) is 21.5. The lowest BCUT2D eigenvalue weighted by Gasteiger charge is -2.28. The molecule has 3 aliphatic rings. The van der Waals surface area contributed by atoms with Crippen LogP contribution in [0.3, 0.4) is 0 Å². The number of piperidine rings is 1. The molecule has 0 saturated carbocycles. The predicted molar refractivity (Wildman–Crippen MR) is 125 cm³/mol. The van der Waals surface area contributed by atoms with Crippen molar-refractivity contribution in [2.45, 2.75) is 63.0 Å². The van der Waals surface area contributed by atoms with Gasteiger partial charge in [0.05, 0.1) is 6.10 Å². The van der Waals surface area contributed by atoms with E-state index in [1.165, 1.54) is 29.5 Å². The number of ether oxygens (including phenoxy) is 2. The van der Waals surface area contributed by atoms with E-state index in [0.29, 0.717) is 18.1 Å². The van der Waals surface area contributed by atoms with Gasteiger partial charge in [0.1, 0.15) is 12.4 Å². The Morgan fingerprint density at radius 3 is 2.75 bits per heavy atom. The topological polar surface area (TPSA) is 59.6 Å². The molecule has 1 amide bonds. The van der Waals surface area contributed by atoms with E-state index in [1.54, 1.807) is 0 Å². The van der Waals surface area contributed by atoms with Crippen molar-refractivity contribution in [1.29, 1.82) is 0 Å².